The standard InChI is InChI=1S/C35H37NO8/c1-39-35-34(43-24-29-19-11-12-20-30(29)36(37)38)33(42-23-28-17-9-4-10-18-28)32(41-22-27-15-7-3-8-16-27)31(44-35)25-40-21-26-13-5-2-6-14-26/h2-20,31-35H,21-25H2,1H3/t31-,32-,33+,34-,35-/m1/s1. The normalized spacial score (nSPS) is 21.6. The van der Waals surface area contributed by atoms with Crippen LogP contribution in [0.3, 0.4) is 0 Å². The van der Waals surface area contributed by atoms with Crippen LogP contribution in [0, 0.1) is 10.1 Å². The fourth-order valence-corrected chi connectivity index (χ4v) is 5.17. The monoisotopic (exact) mass is 599 g/mol. The first kappa shape index (κ1) is 31.5. The van der Waals surface area contributed by atoms with Crippen LogP contribution in [0.25, 0.3) is 0 Å². The lowest BCUT2D eigenvalue weighted by molar-refractivity contribution is -0.386. The Bertz CT molecular complexity index is 1420. The Kier molecular flexibility index (Phi) is 11.6. The molecule has 0 N–H and O–H groups in total. The van der Waals surface area contributed by atoms with Crippen LogP contribution in [-0.4, -0.2) is 49.3 Å². The van der Waals surface area contributed by atoms with Crippen molar-refractivity contribution < 1.29 is 33.3 Å². The molecule has 1 aliphatic rings. The molecule has 4 aromatic carbocycles. The second-order valence-corrected chi connectivity index (χ2v) is 10.5. The molecule has 44 heavy (non-hydrogen) atoms. The molecule has 9 heteroatoms. The van der Waals surface area contributed by atoms with Crippen molar-refractivity contribution in [3.63, 3.8) is 0 Å². The lowest BCUT2D eigenvalue weighted by atomic mass is 9.97. The van der Waals surface area contributed by atoms with Gasteiger partial charge in [-0.3, -0.25) is 10.1 Å². The van der Waals surface area contributed by atoms with Crippen LogP contribution in [-0.2, 0) is 54.8 Å². The lowest BCUT2D eigenvalue weighted by Crippen LogP contribution is -2.61. The van der Waals surface area contributed by atoms with E-state index in [1.165, 1.54) is 13.2 Å². The number of methoxy groups -OCH3 is 1. The largest absolute Gasteiger partial charge is 0.374 e. The van der Waals surface area contributed by atoms with Crippen LogP contribution in [0.4, 0.5) is 5.69 Å². The first-order valence-electron chi connectivity index (χ1n) is 14.6. The Morgan fingerprint density at radius 3 is 1.70 bits per heavy atom. The number of nitro groups is 1. The van der Waals surface area contributed by atoms with E-state index in [1.807, 2.05) is 91.0 Å². The summed E-state index contributed by atoms with van der Waals surface area (Å²) in [5.74, 6) is 0. The van der Waals surface area contributed by atoms with E-state index >= 15 is 0 Å². The number of nitrogens with zero attached hydrogens (tertiary/aromatic N) is 1. The number of para-hydroxylation sites is 1. The Morgan fingerprint density at radius 1 is 0.636 bits per heavy atom. The average molecular weight is 600 g/mol. The number of benzene rings is 4. The van der Waals surface area contributed by atoms with E-state index in [0.717, 1.165) is 16.7 Å². The Labute approximate surface area is 257 Å². The summed E-state index contributed by atoms with van der Waals surface area (Å²) in [6.45, 7) is 1.17. The van der Waals surface area contributed by atoms with Gasteiger partial charge in [0, 0.05) is 13.2 Å². The van der Waals surface area contributed by atoms with Crippen LogP contribution < -0.4 is 0 Å². The van der Waals surface area contributed by atoms with Crippen molar-refractivity contribution in [3.8, 4) is 0 Å². The summed E-state index contributed by atoms with van der Waals surface area (Å²) in [4.78, 5) is 11.3. The number of ether oxygens (including phenoxy) is 6. The number of hydrogen-bond acceptors (Lipinski definition) is 8. The maximum atomic E-state index is 11.7. The van der Waals surface area contributed by atoms with Crippen LogP contribution in [0.5, 0.6) is 0 Å². The van der Waals surface area contributed by atoms with Crippen molar-refractivity contribution in [2.45, 2.75) is 57.1 Å². The van der Waals surface area contributed by atoms with Gasteiger partial charge in [0.2, 0.25) is 0 Å². The van der Waals surface area contributed by atoms with Crippen molar-refractivity contribution in [1.82, 2.24) is 0 Å². The molecule has 1 fully saturated rings. The summed E-state index contributed by atoms with van der Waals surface area (Å²) in [6, 6.07) is 36.1. The zero-order chi connectivity index (χ0) is 30.6. The van der Waals surface area contributed by atoms with Gasteiger partial charge in [-0.2, -0.15) is 0 Å². The molecule has 4 aromatic rings. The minimum atomic E-state index is -0.847. The molecule has 1 aliphatic heterocycles. The summed E-state index contributed by atoms with van der Waals surface area (Å²) in [5, 5.41) is 11.7. The predicted octanol–water partition coefficient (Wildman–Crippen LogP) is 6.24. The SMILES string of the molecule is CO[C@@H]1O[C@H](COCc2ccccc2)[C@@H](OCc2ccccc2)[C@H](OCc2ccccc2)[C@H]1OCc1ccccc1[N+](=O)[O-]. The van der Waals surface area contributed by atoms with E-state index in [9.17, 15) is 10.1 Å². The predicted molar refractivity (Wildman–Crippen MR) is 163 cm³/mol. The van der Waals surface area contributed by atoms with Gasteiger partial charge in [0.15, 0.2) is 6.29 Å². The van der Waals surface area contributed by atoms with Gasteiger partial charge in [0.25, 0.3) is 5.69 Å². The molecule has 1 saturated heterocycles. The first-order chi connectivity index (χ1) is 21.6. The maximum absolute atomic E-state index is 11.7. The van der Waals surface area contributed by atoms with E-state index in [4.69, 9.17) is 28.4 Å². The van der Waals surface area contributed by atoms with Crippen LogP contribution in [0.2, 0.25) is 0 Å². The summed E-state index contributed by atoms with van der Waals surface area (Å²) < 4.78 is 37.8. The molecule has 0 amide bonds. The number of hydrogen-bond donors (Lipinski definition) is 0. The van der Waals surface area contributed by atoms with Crippen LogP contribution in [0.15, 0.2) is 115 Å². The van der Waals surface area contributed by atoms with E-state index in [-0.39, 0.29) is 25.5 Å². The molecule has 0 spiro atoms. The van der Waals surface area contributed by atoms with Gasteiger partial charge in [0.05, 0.1) is 43.5 Å². The third-order valence-corrected chi connectivity index (χ3v) is 7.41. The molecule has 0 unspecified atom stereocenters. The smallest absolute Gasteiger partial charge is 0.274 e. The van der Waals surface area contributed by atoms with Gasteiger partial charge < -0.3 is 28.4 Å². The molecule has 1 heterocycles. The van der Waals surface area contributed by atoms with Gasteiger partial charge >= 0.3 is 0 Å². The zero-order valence-corrected chi connectivity index (χ0v) is 24.6. The van der Waals surface area contributed by atoms with E-state index in [2.05, 4.69) is 0 Å². The third kappa shape index (κ3) is 8.57. The number of rotatable bonds is 15. The fourth-order valence-electron chi connectivity index (χ4n) is 5.17. The second-order valence-electron chi connectivity index (χ2n) is 10.5. The fraction of sp³-hybridized carbons (Fsp3) is 0.314. The van der Waals surface area contributed by atoms with E-state index in [0.29, 0.717) is 18.8 Å². The molecular formula is C35H37NO8. The van der Waals surface area contributed by atoms with Gasteiger partial charge in [-0.25, -0.2) is 0 Å². The minimum absolute atomic E-state index is 0.0241. The highest BCUT2D eigenvalue weighted by Gasteiger charge is 2.49. The molecule has 0 radical (unpaired) electrons. The van der Waals surface area contributed by atoms with Crippen LogP contribution in [0.1, 0.15) is 22.3 Å². The molecule has 9 nitrogen and oxygen atoms in total. The number of nitro benzene ring substituents is 1. The first-order valence-corrected chi connectivity index (χ1v) is 14.6. The molecule has 230 valence electrons. The Morgan fingerprint density at radius 2 is 1.14 bits per heavy atom. The van der Waals surface area contributed by atoms with Crippen molar-refractivity contribution >= 4 is 5.69 Å². The van der Waals surface area contributed by atoms with Gasteiger partial charge in [-0.15, -0.1) is 0 Å². The molecule has 0 bridgehead atoms. The highest BCUT2D eigenvalue weighted by molar-refractivity contribution is 5.39. The van der Waals surface area contributed by atoms with E-state index in [1.54, 1.807) is 18.2 Å². The summed E-state index contributed by atoms with van der Waals surface area (Å²) >= 11 is 0. The maximum Gasteiger partial charge on any atom is 0.274 e. The summed E-state index contributed by atoms with van der Waals surface area (Å²) in [7, 11) is 1.54. The Hall–Kier alpha value is -3.96. The van der Waals surface area contributed by atoms with Crippen LogP contribution >= 0.6 is 0 Å². The van der Waals surface area contributed by atoms with Crippen molar-refractivity contribution in [2.24, 2.45) is 0 Å². The molecule has 5 rings (SSSR count). The highest BCUT2D eigenvalue weighted by atomic mass is 16.7. The average Bonchev–Trinajstić information content (AvgIpc) is 3.07. The zero-order valence-electron chi connectivity index (χ0n) is 24.6. The van der Waals surface area contributed by atoms with Crippen molar-refractivity contribution in [2.75, 3.05) is 13.7 Å². The van der Waals surface area contributed by atoms with Gasteiger partial charge in [0.1, 0.15) is 24.4 Å². The van der Waals surface area contributed by atoms with Crippen molar-refractivity contribution in [1.29, 1.82) is 0 Å². The quantitative estimate of drug-likeness (QED) is 0.117. The third-order valence-electron chi connectivity index (χ3n) is 7.41. The van der Waals surface area contributed by atoms with Gasteiger partial charge in [-0.05, 0) is 22.8 Å². The molecule has 0 saturated carbocycles. The lowest BCUT2D eigenvalue weighted by Gasteiger charge is -2.45. The summed E-state index contributed by atoms with van der Waals surface area (Å²) in [5.41, 5.74) is 3.41. The Balaban J connectivity index is 1.41. The summed E-state index contributed by atoms with van der Waals surface area (Å²) in [6.07, 6.45) is -3.45. The second kappa shape index (κ2) is 16.2. The molecule has 0 aliphatic carbocycles. The van der Waals surface area contributed by atoms with Crippen molar-refractivity contribution in [3.05, 3.63) is 148 Å². The highest BCUT2D eigenvalue weighted by Crippen LogP contribution is 2.32. The molecule has 0 aromatic heterocycles. The van der Waals surface area contributed by atoms with Gasteiger partial charge in [-0.1, -0.05) is 103 Å². The van der Waals surface area contributed by atoms with E-state index < -0.39 is 35.6 Å². The molecular weight excluding hydrogens is 562 g/mol. The molecule has 5 atom stereocenters. The minimum Gasteiger partial charge on any atom is -0.374 e. The topological polar surface area (TPSA) is 98.5 Å².